The van der Waals surface area contributed by atoms with Crippen LogP contribution >= 0.6 is 0 Å². The molecular formula is C23H21FN6O3. The van der Waals surface area contributed by atoms with Gasteiger partial charge in [-0.15, -0.1) is 0 Å². The van der Waals surface area contributed by atoms with Crippen molar-refractivity contribution in [2.75, 3.05) is 10.6 Å². The quantitative estimate of drug-likeness (QED) is 0.427. The number of carbonyl (C=O) groups is 2. The Morgan fingerprint density at radius 2 is 1.70 bits per heavy atom. The molecule has 0 fully saturated rings. The second-order valence-electron chi connectivity index (χ2n) is 6.99. The number of rotatable bonds is 8. The van der Waals surface area contributed by atoms with Crippen LogP contribution in [0.3, 0.4) is 0 Å². The molecule has 33 heavy (non-hydrogen) atoms. The van der Waals surface area contributed by atoms with Crippen LogP contribution in [0.5, 0.6) is 5.75 Å². The molecule has 2 aromatic heterocycles. The van der Waals surface area contributed by atoms with Gasteiger partial charge < -0.3 is 15.4 Å². The van der Waals surface area contributed by atoms with Crippen molar-refractivity contribution < 1.29 is 18.7 Å². The molecule has 2 amide bonds. The SMILES string of the molecule is CCn1cc(NC(=O)c2ccn(COc3ccc(F)cc3)n2)c(C(=O)Nc2ccccc2)n1. The Kier molecular flexibility index (Phi) is 6.44. The van der Waals surface area contributed by atoms with Gasteiger partial charge in [0.15, 0.2) is 18.1 Å². The Morgan fingerprint density at radius 1 is 0.939 bits per heavy atom. The summed E-state index contributed by atoms with van der Waals surface area (Å²) < 4.78 is 21.5. The van der Waals surface area contributed by atoms with Gasteiger partial charge in [-0.25, -0.2) is 9.07 Å². The lowest BCUT2D eigenvalue weighted by molar-refractivity contribution is 0.102. The zero-order valence-corrected chi connectivity index (χ0v) is 17.7. The van der Waals surface area contributed by atoms with Crippen molar-refractivity contribution in [1.29, 1.82) is 0 Å². The van der Waals surface area contributed by atoms with E-state index in [1.165, 1.54) is 35.0 Å². The van der Waals surface area contributed by atoms with Gasteiger partial charge in [-0.3, -0.25) is 14.3 Å². The number of nitrogens with one attached hydrogen (secondary N) is 2. The highest BCUT2D eigenvalue weighted by molar-refractivity contribution is 6.10. The number of carbonyl (C=O) groups excluding carboxylic acids is 2. The van der Waals surface area contributed by atoms with E-state index in [1.807, 2.05) is 13.0 Å². The van der Waals surface area contributed by atoms with Gasteiger partial charge in [0.05, 0.1) is 5.69 Å². The lowest BCUT2D eigenvalue weighted by atomic mass is 10.3. The molecule has 4 rings (SSSR count). The average Bonchev–Trinajstić information content (AvgIpc) is 3.46. The molecule has 168 valence electrons. The molecule has 0 saturated carbocycles. The molecule has 4 aromatic rings. The van der Waals surface area contributed by atoms with E-state index in [-0.39, 0.29) is 29.6 Å². The molecule has 2 aromatic carbocycles. The van der Waals surface area contributed by atoms with Crippen molar-refractivity contribution in [1.82, 2.24) is 19.6 Å². The summed E-state index contributed by atoms with van der Waals surface area (Å²) in [6.07, 6.45) is 3.17. The van der Waals surface area contributed by atoms with Crippen LogP contribution in [-0.4, -0.2) is 31.4 Å². The largest absolute Gasteiger partial charge is 0.471 e. The van der Waals surface area contributed by atoms with Gasteiger partial charge in [0.25, 0.3) is 11.8 Å². The van der Waals surface area contributed by atoms with Gasteiger partial charge in [0.2, 0.25) is 0 Å². The number of amides is 2. The molecule has 0 aliphatic carbocycles. The summed E-state index contributed by atoms with van der Waals surface area (Å²) in [6, 6.07) is 16.1. The predicted octanol–water partition coefficient (Wildman–Crippen LogP) is 3.78. The van der Waals surface area contributed by atoms with Crippen LogP contribution in [-0.2, 0) is 13.3 Å². The minimum Gasteiger partial charge on any atom is -0.471 e. The first kappa shape index (κ1) is 21.8. The molecule has 0 saturated heterocycles. The summed E-state index contributed by atoms with van der Waals surface area (Å²) in [6.45, 7) is 2.44. The number of aromatic nitrogens is 4. The molecule has 0 atom stereocenters. The minimum absolute atomic E-state index is 0.0391. The first-order valence-electron chi connectivity index (χ1n) is 10.2. The summed E-state index contributed by atoms with van der Waals surface area (Å²) in [5.74, 6) is -0.829. The molecule has 0 bridgehead atoms. The summed E-state index contributed by atoms with van der Waals surface area (Å²) in [5, 5.41) is 13.9. The van der Waals surface area contributed by atoms with E-state index in [9.17, 15) is 14.0 Å². The van der Waals surface area contributed by atoms with Crippen molar-refractivity contribution in [3.63, 3.8) is 0 Å². The van der Waals surface area contributed by atoms with E-state index in [4.69, 9.17) is 4.74 Å². The van der Waals surface area contributed by atoms with E-state index in [2.05, 4.69) is 20.8 Å². The molecule has 0 radical (unpaired) electrons. The number of halogens is 1. The summed E-state index contributed by atoms with van der Waals surface area (Å²) >= 11 is 0. The topological polar surface area (TPSA) is 103 Å². The lowest BCUT2D eigenvalue weighted by Crippen LogP contribution is -2.18. The fraction of sp³-hybridized carbons (Fsp3) is 0.130. The van der Waals surface area contributed by atoms with Crippen molar-refractivity contribution in [3.8, 4) is 5.75 Å². The summed E-state index contributed by atoms with van der Waals surface area (Å²) in [4.78, 5) is 25.5. The van der Waals surface area contributed by atoms with Crippen LogP contribution in [0.25, 0.3) is 0 Å². The number of para-hydroxylation sites is 1. The van der Waals surface area contributed by atoms with Crippen molar-refractivity contribution in [2.24, 2.45) is 0 Å². The zero-order valence-electron chi connectivity index (χ0n) is 17.7. The zero-order chi connectivity index (χ0) is 23.2. The maximum atomic E-state index is 13.0. The second kappa shape index (κ2) is 9.77. The first-order valence-corrected chi connectivity index (χ1v) is 10.2. The third kappa shape index (κ3) is 5.42. The highest BCUT2D eigenvalue weighted by atomic mass is 19.1. The normalized spacial score (nSPS) is 10.6. The Morgan fingerprint density at radius 3 is 2.42 bits per heavy atom. The third-order valence-electron chi connectivity index (χ3n) is 4.63. The highest BCUT2D eigenvalue weighted by Gasteiger charge is 2.20. The number of benzene rings is 2. The minimum atomic E-state index is -0.500. The maximum absolute atomic E-state index is 13.0. The van der Waals surface area contributed by atoms with Crippen LogP contribution in [0, 0.1) is 5.82 Å². The smallest absolute Gasteiger partial charge is 0.278 e. The van der Waals surface area contributed by atoms with Crippen LogP contribution in [0.2, 0.25) is 0 Å². The first-order chi connectivity index (χ1) is 16.0. The average molecular weight is 448 g/mol. The predicted molar refractivity (Wildman–Crippen MR) is 120 cm³/mol. The van der Waals surface area contributed by atoms with Gasteiger partial charge in [0.1, 0.15) is 11.6 Å². The Labute approximate surface area is 188 Å². The molecule has 10 heteroatoms. The number of ether oxygens (including phenoxy) is 1. The monoisotopic (exact) mass is 448 g/mol. The molecular weight excluding hydrogens is 427 g/mol. The standard InChI is InChI=1S/C23H21FN6O3/c1-2-29-14-20(21(28-29)23(32)25-17-6-4-3-5-7-17)26-22(31)19-12-13-30(27-19)15-33-18-10-8-16(24)9-11-18/h3-14H,2,15H2,1H3,(H,25,32)(H,26,31). The molecule has 0 unspecified atom stereocenters. The van der Waals surface area contributed by atoms with Gasteiger partial charge >= 0.3 is 0 Å². The van der Waals surface area contributed by atoms with E-state index in [1.54, 1.807) is 41.3 Å². The van der Waals surface area contributed by atoms with E-state index < -0.39 is 11.8 Å². The molecule has 2 N–H and O–H groups in total. The van der Waals surface area contributed by atoms with Gasteiger partial charge in [-0.05, 0) is 49.4 Å². The van der Waals surface area contributed by atoms with Gasteiger partial charge in [-0.1, -0.05) is 18.2 Å². The molecule has 0 aliphatic heterocycles. The van der Waals surface area contributed by atoms with Crippen molar-refractivity contribution in [2.45, 2.75) is 20.2 Å². The Balaban J connectivity index is 1.43. The Bertz CT molecular complexity index is 1250. The molecule has 2 heterocycles. The second-order valence-corrected chi connectivity index (χ2v) is 6.99. The summed E-state index contributed by atoms with van der Waals surface area (Å²) in [7, 11) is 0. The molecule has 0 aliphatic rings. The van der Waals surface area contributed by atoms with Crippen LogP contribution in [0.4, 0.5) is 15.8 Å². The third-order valence-corrected chi connectivity index (χ3v) is 4.63. The number of nitrogens with zero attached hydrogens (tertiary/aromatic N) is 4. The van der Waals surface area contributed by atoms with Crippen molar-refractivity contribution >= 4 is 23.2 Å². The fourth-order valence-electron chi connectivity index (χ4n) is 2.97. The molecule has 0 spiro atoms. The van der Waals surface area contributed by atoms with Crippen LogP contribution in [0.1, 0.15) is 27.9 Å². The van der Waals surface area contributed by atoms with Crippen LogP contribution < -0.4 is 15.4 Å². The highest BCUT2D eigenvalue weighted by Crippen LogP contribution is 2.18. The Hall–Kier alpha value is -4.47. The molecule has 9 nitrogen and oxygen atoms in total. The van der Waals surface area contributed by atoms with Crippen LogP contribution in [0.15, 0.2) is 73.1 Å². The van der Waals surface area contributed by atoms with Gasteiger partial charge in [-0.2, -0.15) is 10.2 Å². The number of hydrogen-bond donors (Lipinski definition) is 2. The van der Waals surface area contributed by atoms with E-state index in [0.717, 1.165) is 0 Å². The van der Waals surface area contributed by atoms with Gasteiger partial charge in [0, 0.05) is 24.6 Å². The number of aryl methyl sites for hydroxylation is 1. The fourth-order valence-corrected chi connectivity index (χ4v) is 2.97. The van der Waals surface area contributed by atoms with E-state index in [0.29, 0.717) is 18.0 Å². The number of hydrogen-bond acceptors (Lipinski definition) is 5. The van der Waals surface area contributed by atoms with E-state index >= 15 is 0 Å². The van der Waals surface area contributed by atoms with Crippen molar-refractivity contribution in [3.05, 3.63) is 90.3 Å². The maximum Gasteiger partial charge on any atom is 0.278 e. The lowest BCUT2D eigenvalue weighted by Gasteiger charge is -2.06. The summed E-state index contributed by atoms with van der Waals surface area (Å²) in [5.41, 5.74) is 1.11. The number of anilines is 2.